The normalized spacial score (nSPS) is 13.7. The van der Waals surface area contributed by atoms with Crippen molar-refractivity contribution in [2.24, 2.45) is 0 Å². The average molecular weight is 298 g/mol. The molecule has 0 saturated carbocycles. The predicted molar refractivity (Wildman–Crippen MR) is 84.8 cm³/mol. The second-order valence-electron chi connectivity index (χ2n) is 5.92. The molecule has 0 amide bonds. The van der Waals surface area contributed by atoms with Gasteiger partial charge in [0, 0.05) is 13.7 Å². The maximum Gasteiger partial charge on any atom is 0.161 e. The molecular formula is C15H30N4O2. The lowest BCUT2D eigenvalue weighted by molar-refractivity contribution is -0.0137. The fraction of sp³-hybridized carbons (Fsp3) is 0.800. The van der Waals surface area contributed by atoms with Crippen LogP contribution >= 0.6 is 0 Å². The summed E-state index contributed by atoms with van der Waals surface area (Å²) in [4.78, 5) is 2.14. The molecule has 0 fully saturated rings. The number of aromatic nitrogens is 2. The summed E-state index contributed by atoms with van der Waals surface area (Å²) in [5.41, 5.74) is 0.673. The topological polar surface area (TPSA) is 51.5 Å². The van der Waals surface area contributed by atoms with Gasteiger partial charge in [0.1, 0.15) is 5.69 Å². The Hall–Kier alpha value is -1.11. The van der Waals surface area contributed by atoms with Gasteiger partial charge in [0.25, 0.3) is 0 Å². The van der Waals surface area contributed by atoms with E-state index in [1.165, 1.54) is 0 Å². The molecule has 1 heterocycles. The average Bonchev–Trinajstić information content (AvgIpc) is 2.84. The van der Waals surface area contributed by atoms with Crippen molar-refractivity contribution in [2.45, 2.75) is 39.0 Å². The molecule has 0 aliphatic rings. The van der Waals surface area contributed by atoms with E-state index in [-0.39, 0.29) is 11.6 Å². The molecule has 1 unspecified atom stereocenters. The number of methoxy groups -OCH3 is 2. The van der Waals surface area contributed by atoms with Crippen LogP contribution in [0.5, 0.6) is 5.75 Å². The molecule has 1 atom stereocenters. The van der Waals surface area contributed by atoms with E-state index in [1.807, 2.05) is 4.68 Å². The number of nitrogens with one attached hydrogen (secondary N) is 1. The van der Waals surface area contributed by atoms with Gasteiger partial charge in [-0.25, -0.2) is 0 Å². The number of hydrogen-bond acceptors (Lipinski definition) is 5. The van der Waals surface area contributed by atoms with Crippen LogP contribution in [0.4, 0.5) is 0 Å². The summed E-state index contributed by atoms with van der Waals surface area (Å²) in [5.74, 6) is 0.796. The van der Waals surface area contributed by atoms with Crippen LogP contribution in [-0.2, 0) is 11.3 Å². The first-order valence-electron chi connectivity index (χ1n) is 7.40. The number of nitrogens with zero attached hydrogens (tertiary/aromatic N) is 3. The first kappa shape index (κ1) is 17.9. The quantitative estimate of drug-likeness (QED) is 0.749. The Morgan fingerprint density at radius 1 is 1.38 bits per heavy atom. The molecule has 1 aromatic rings. The van der Waals surface area contributed by atoms with Crippen molar-refractivity contribution >= 4 is 0 Å². The Bertz CT molecular complexity index is 429. The molecule has 122 valence electrons. The number of rotatable bonds is 9. The van der Waals surface area contributed by atoms with Crippen molar-refractivity contribution < 1.29 is 9.47 Å². The fourth-order valence-electron chi connectivity index (χ4n) is 2.29. The fourth-order valence-corrected chi connectivity index (χ4v) is 2.29. The molecule has 21 heavy (non-hydrogen) atoms. The van der Waals surface area contributed by atoms with Gasteiger partial charge in [-0.3, -0.25) is 4.68 Å². The molecule has 6 heteroatoms. The van der Waals surface area contributed by atoms with Crippen molar-refractivity contribution in [3.05, 3.63) is 11.9 Å². The van der Waals surface area contributed by atoms with Gasteiger partial charge in [-0.2, -0.15) is 5.10 Å². The largest absolute Gasteiger partial charge is 0.493 e. The van der Waals surface area contributed by atoms with Gasteiger partial charge >= 0.3 is 0 Å². The zero-order valence-electron chi connectivity index (χ0n) is 14.4. The Morgan fingerprint density at radius 3 is 2.52 bits per heavy atom. The highest BCUT2D eigenvalue weighted by Crippen LogP contribution is 2.34. The number of likely N-dealkylation sites (N-methyl/N-ethyl adjacent to an activating group) is 2. The van der Waals surface area contributed by atoms with E-state index < -0.39 is 0 Å². The predicted octanol–water partition coefficient (Wildman–Crippen LogP) is 1.53. The summed E-state index contributed by atoms with van der Waals surface area (Å²) < 4.78 is 13.2. The lowest BCUT2D eigenvalue weighted by Gasteiger charge is -2.34. The summed E-state index contributed by atoms with van der Waals surface area (Å²) in [6.45, 7) is 8.81. The first-order valence-corrected chi connectivity index (χ1v) is 7.40. The van der Waals surface area contributed by atoms with Crippen molar-refractivity contribution in [3.8, 4) is 5.75 Å². The van der Waals surface area contributed by atoms with Crippen LogP contribution in [0, 0.1) is 0 Å². The molecule has 0 bridgehead atoms. The van der Waals surface area contributed by atoms with E-state index in [2.05, 4.69) is 50.2 Å². The summed E-state index contributed by atoms with van der Waals surface area (Å²) >= 11 is 0. The zero-order chi connectivity index (χ0) is 16.0. The minimum Gasteiger partial charge on any atom is -0.493 e. The third kappa shape index (κ3) is 4.43. The van der Waals surface area contributed by atoms with Crippen molar-refractivity contribution in [1.82, 2.24) is 20.0 Å². The second-order valence-corrected chi connectivity index (χ2v) is 5.92. The summed E-state index contributed by atoms with van der Waals surface area (Å²) in [7, 11) is 7.53. The lowest BCUT2D eigenvalue weighted by atomic mass is 9.94. The standard InChI is InChI=1S/C15H30N4O2/c1-8-16-14(15(2,3)21-7)13-12(20-6)11-17-19(13)10-9-18(4)5/h11,14,16H,8-10H2,1-7H3. The van der Waals surface area contributed by atoms with Gasteiger partial charge in [0.15, 0.2) is 5.75 Å². The molecular weight excluding hydrogens is 268 g/mol. The van der Waals surface area contributed by atoms with Crippen molar-refractivity contribution in [3.63, 3.8) is 0 Å². The second kappa shape index (κ2) is 7.77. The summed E-state index contributed by atoms with van der Waals surface area (Å²) in [6.07, 6.45) is 1.78. The molecule has 1 aromatic heterocycles. The van der Waals surface area contributed by atoms with Crippen LogP contribution in [0.15, 0.2) is 6.20 Å². The first-order chi connectivity index (χ1) is 9.87. The van der Waals surface area contributed by atoms with E-state index in [9.17, 15) is 0 Å². The van der Waals surface area contributed by atoms with Crippen LogP contribution in [0.3, 0.4) is 0 Å². The van der Waals surface area contributed by atoms with E-state index in [1.54, 1.807) is 20.4 Å². The molecule has 1 N–H and O–H groups in total. The molecule has 6 nitrogen and oxygen atoms in total. The van der Waals surface area contributed by atoms with E-state index in [4.69, 9.17) is 9.47 Å². The molecule has 1 rings (SSSR count). The third-order valence-electron chi connectivity index (χ3n) is 3.73. The van der Waals surface area contributed by atoms with Gasteiger partial charge in [-0.1, -0.05) is 6.92 Å². The van der Waals surface area contributed by atoms with Gasteiger partial charge in [0.2, 0.25) is 0 Å². The molecule has 0 aromatic carbocycles. The summed E-state index contributed by atoms with van der Waals surface area (Å²) in [6, 6.07) is 0.00659. The molecule has 0 spiro atoms. The maximum absolute atomic E-state index is 5.69. The minimum atomic E-state index is -0.362. The van der Waals surface area contributed by atoms with Gasteiger partial charge < -0.3 is 19.7 Å². The van der Waals surface area contributed by atoms with Crippen LogP contribution < -0.4 is 10.1 Å². The number of ether oxygens (including phenoxy) is 2. The molecule has 0 aliphatic carbocycles. The lowest BCUT2D eigenvalue weighted by Crippen LogP contribution is -2.42. The SMILES string of the molecule is CCNC(c1c(OC)cnn1CCN(C)C)C(C)(C)OC. The monoisotopic (exact) mass is 298 g/mol. The highest BCUT2D eigenvalue weighted by Gasteiger charge is 2.35. The van der Waals surface area contributed by atoms with Crippen molar-refractivity contribution in [1.29, 1.82) is 0 Å². The van der Waals surface area contributed by atoms with Crippen LogP contribution in [0.25, 0.3) is 0 Å². The number of hydrogen-bond donors (Lipinski definition) is 1. The Kier molecular flexibility index (Phi) is 6.64. The minimum absolute atomic E-state index is 0.00659. The van der Waals surface area contributed by atoms with Crippen LogP contribution in [0.2, 0.25) is 0 Å². The van der Waals surface area contributed by atoms with Gasteiger partial charge in [-0.05, 0) is 34.5 Å². The van der Waals surface area contributed by atoms with Crippen LogP contribution in [0.1, 0.15) is 32.5 Å². The molecule has 0 saturated heterocycles. The maximum atomic E-state index is 5.69. The third-order valence-corrected chi connectivity index (χ3v) is 3.73. The van der Waals surface area contributed by atoms with Gasteiger partial charge in [-0.15, -0.1) is 0 Å². The van der Waals surface area contributed by atoms with Gasteiger partial charge in [0.05, 0.1) is 31.5 Å². The van der Waals surface area contributed by atoms with E-state index in [0.717, 1.165) is 31.1 Å². The highest BCUT2D eigenvalue weighted by molar-refractivity contribution is 5.30. The Labute approximate surface area is 128 Å². The zero-order valence-corrected chi connectivity index (χ0v) is 14.4. The van der Waals surface area contributed by atoms with E-state index >= 15 is 0 Å². The van der Waals surface area contributed by atoms with Crippen molar-refractivity contribution in [2.75, 3.05) is 41.4 Å². The molecule has 0 radical (unpaired) electrons. The Morgan fingerprint density at radius 2 is 2.05 bits per heavy atom. The van der Waals surface area contributed by atoms with Crippen LogP contribution in [-0.4, -0.2) is 61.7 Å². The smallest absolute Gasteiger partial charge is 0.161 e. The Balaban J connectivity index is 3.18. The summed E-state index contributed by atoms with van der Waals surface area (Å²) in [5, 5.41) is 7.98. The van der Waals surface area contributed by atoms with E-state index in [0.29, 0.717) is 0 Å². The molecule has 0 aliphatic heterocycles. The highest BCUT2D eigenvalue weighted by atomic mass is 16.5.